The van der Waals surface area contributed by atoms with Gasteiger partial charge in [-0.1, -0.05) is 62.4 Å². The molecular weight excluding hydrogens is 324 g/mol. The topological polar surface area (TPSA) is 66.9 Å². The molecule has 0 saturated carbocycles. The van der Waals surface area contributed by atoms with Gasteiger partial charge in [-0.15, -0.1) is 0 Å². The molecule has 0 spiro atoms. The highest BCUT2D eigenvalue weighted by molar-refractivity contribution is 5.92. The van der Waals surface area contributed by atoms with Gasteiger partial charge in [-0.2, -0.15) is 0 Å². The lowest BCUT2D eigenvalue weighted by molar-refractivity contribution is -0.119. The predicted molar refractivity (Wildman–Crippen MR) is 105 cm³/mol. The largest absolute Gasteiger partial charge is 0.340 e. The summed E-state index contributed by atoms with van der Waals surface area (Å²) in [7, 11) is 0. The lowest BCUT2D eigenvalue weighted by atomic mass is 10.1. The number of rotatable bonds is 6. The van der Waals surface area contributed by atoms with E-state index in [2.05, 4.69) is 20.6 Å². The molecule has 1 aromatic heterocycles. The number of nitrogens with one attached hydrogen (secondary N) is 2. The van der Waals surface area contributed by atoms with Crippen molar-refractivity contribution in [3.63, 3.8) is 0 Å². The standard InChI is InChI=1S/C21H22N4O/c1-3-15(2)21(26)25-19-14-18(22-17-12-8-5-9-13-17)23-20(24-19)16-10-6-4-7-11-16/h4-15H,3H2,1-2H3,(H2,22,23,24,25,26). The lowest BCUT2D eigenvalue weighted by Gasteiger charge is -2.13. The summed E-state index contributed by atoms with van der Waals surface area (Å²) < 4.78 is 0. The second kappa shape index (κ2) is 8.25. The van der Waals surface area contributed by atoms with Gasteiger partial charge >= 0.3 is 0 Å². The van der Waals surface area contributed by atoms with Gasteiger partial charge in [-0.25, -0.2) is 9.97 Å². The van der Waals surface area contributed by atoms with Gasteiger partial charge in [-0.3, -0.25) is 4.79 Å². The first-order valence-electron chi connectivity index (χ1n) is 8.73. The Balaban J connectivity index is 1.95. The van der Waals surface area contributed by atoms with Crippen LogP contribution in [0.1, 0.15) is 20.3 Å². The van der Waals surface area contributed by atoms with Crippen LogP contribution < -0.4 is 10.6 Å². The quantitative estimate of drug-likeness (QED) is 0.668. The summed E-state index contributed by atoms with van der Waals surface area (Å²) in [6, 6.07) is 21.2. The van der Waals surface area contributed by atoms with Gasteiger partial charge in [0.25, 0.3) is 0 Å². The van der Waals surface area contributed by atoms with E-state index in [9.17, 15) is 4.79 Å². The number of amides is 1. The number of aromatic nitrogens is 2. The Labute approximate surface area is 153 Å². The maximum atomic E-state index is 12.3. The summed E-state index contributed by atoms with van der Waals surface area (Å²) in [6.45, 7) is 3.89. The summed E-state index contributed by atoms with van der Waals surface area (Å²) in [4.78, 5) is 21.4. The van der Waals surface area contributed by atoms with Crippen molar-refractivity contribution in [3.8, 4) is 11.4 Å². The van der Waals surface area contributed by atoms with Crippen molar-refractivity contribution >= 4 is 23.2 Å². The average Bonchev–Trinajstić information content (AvgIpc) is 2.68. The average molecular weight is 346 g/mol. The van der Waals surface area contributed by atoms with Crippen LogP contribution in [-0.4, -0.2) is 15.9 Å². The van der Waals surface area contributed by atoms with E-state index in [1.54, 1.807) is 6.07 Å². The molecule has 0 fully saturated rings. The highest BCUT2D eigenvalue weighted by atomic mass is 16.1. The van der Waals surface area contributed by atoms with Crippen LogP contribution in [0.3, 0.4) is 0 Å². The molecule has 1 heterocycles. The van der Waals surface area contributed by atoms with E-state index in [0.29, 0.717) is 17.5 Å². The Morgan fingerprint density at radius 1 is 0.962 bits per heavy atom. The van der Waals surface area contributed by atoms with Crippen LogP contribution >= 0.6 is 0 Å². The highest BCUT2D eigenvalue weighted by Gasteiger charge is 2.13. The number of nitrogens with zero attached hydrogens (tertiary/aromatic N) is 2. The zero-order valence-electron chi connectivity index (χ0n) is 14.9. The first-order chi connectivity index (χ1) is 12.7. The van der Waals surface area contributed by atoms with Crippen LogP contribution in [0.15, 0.2) is 66.7 Å². The predicted octanol–water partition coefficient (Wildman–Crippen LogP) is 4.87. The fraction of sp³-hybridized carbons (Fsp3) is 0.190. The van der Waals surface area contributed by atoms with E-state index in [0.717, 1.165) is 17.7 Å². The molecule has 5 heteroatoms. The molecule has 1 amide bonds. The summed E-state index contributed by atoms with van der Waals surface area (Å²) in [5, 5.41) is 6.17. The molecule has 2 N–H and O–H groups in total. The molecule has 0 aliphatic carbocycles. The fourth-order valence-corrected chi connectivity index (χ4v) is 2.40. The van der Waals surface area contributed by atoms with Gasteiger partial charge in [0, 0.05) is 23.2 Å². The molecule has 0 aliphatic heterocycles. The van der Waals surface area contributed by atoms with E-state index in [1.807, 2.05) is 74.5 Å². The first-order valence-corrected chi connectivity index (χ1v) is 8.73. The number of benzene rings is 2. The van der Waals surface area contributed by atoms with Crippen molar-refractivity contribution in [2.45, 2.75) is 20.3 Å². The lowest BCUT2D eigenvalue weighted by Crippen LogP contribution is -2.20. The number of hydrogen-bond acceptors (Lipinski definition) is 4. The molecule has 132 valence electrons. The van der Waals surface area contributed by atoms with Gasteiger partial charge < -0.3 is 10.6 Å². The zero-order valence-corrected chi connectivity index (χ0v) is 14.9. The fourth-order valence-electron chi connectivity index (χ4n) is 2.40. The third-order valence-electron chi connectivity index (χ3n) is 4.12. The van der Waals surface area contributed by atoms with Gasteiger partial charge in [0.2, 0.25) is 5.91 Å². The van der Waals surface area contributed by atoms with E-state index in [-0.39, 0.29) is 11.8 Å². The maximum Gasteiger partial charge on any atom is 0.228 e. The van der Waals surface area contributed by atoms with Crippen molar-refractivity contribution in [2.75, 3.05) is 10.6 Å². The van der Waals surface area contributed by atoms with Crippen molar-refractivity contribution in [1.82, 2.24) is 9.97 Å². The van der Waals surface area contributed by atoms with Crippen LogP contribution in [0.2, 0.25) is 0 Å². The Morgan fingerprint density at radius 2 is 1.58 bits per heavy atom. The SMILES string of the molecule is CCC(C)C(=O)Nc1cc(Nc2ccccc2)nc(-c2ccccc2)n1. The van der Waals surface area contributed by atoms with Crippen molar-refractivity contribution < 1.29 is 4.79 Å². The van der Waals surface area contributed by atoms with Crippen LogP contribution in [-0.2, 0) is 4.79 Å². The first kappa shape index (κ1) is 17.6. The molecular formula is C21H22N4O. The molecule has 1 unspecified atom stereocenters. The second-order valence-electron chi connectivity index (χ2n) is 6.12. The molecule has 0 aliphatic rings. The van der Waals surface area contributed by atoms with Gasteiger partial charge in [0.15, 0.2) is 5.82 Å². The molecule has 0 radical (unpaired) electrons. The Kier molecular flexibility index (Phi) is 5.59. The molecule has 3 aromatic rings. The smallest absolute Gasteiger partial charge is 0.228 e. The minimum Gasteiger partial charge on any atom is -0.340 e. The molecule has 5 nitrogen and oxygen atoms in total. The van der Waals surface area contributed by atoms with Crippen molar-refractivity contribution in [3.05, 3.63) is 66.7 Å². The number of anilines is 3. The number of carbonyl (C=O) groups excluding carboxylic acids is 1. The van der Waals surface area contributed by atoms with E-state index < -0.39 is 0 Å². The Bertz CT molecular complexity index is 866. The number of hydrogen-bond donors (Lipinski definition) is 2. The molecule has 0 saturated heterocycles. The number of para-hydroxylation sites is 1. The summed E-state index contributed by atoms with van der Waals surface area (Å²) in [6.07, 6.45) is 0.775. The van der Waals surface area contributed by atoms with Crippen LogP contribution in [0.4, 0.5) is 17.3 Å². The monoisotopic (exact) mass is 346 g/mol. The van der Waals surface area contributed by atoms with E-state index in [4.69, 9.17) is 0 Å². The zero-order chi connectivity index (χ0) is 18.4. The normalized spacial score (nSPS) is 11.6. The van der Waals surface area contributed by atoms with E-state index >= 15 is 0 Å². The third-order valence-corrected chi connectivity index (χ3v) is 4.12. The molecule has 0 bridgehead atoms. The third kappa shape index (κ3) is 4.45. The van der Waals surface area contributed by atoms with Crippen LogP contribution in [0.25, 0.3) is 11.4 Å². The van der Waals surface area contributed by atoms with Crippen LogP contribution in [0.5, 0.6) is 0 Å². The molecule has 3 rings (SSSR count). The minimum atomic E-state index is -0.0735. The van der Waals surface area contributed by atoms with Crippen molar-refractivity contribution in [2.24, 2.45) is 5.92 Å². The highest BCUT2D eigenvalue weighted by Crippen LogP contribution is 2.23. The maximum absolute atomic E-state index is 12.3. The van der Waals surface area contributed by atoms with Gasteiger partial charge in [0.1, 0.15) is 11.6 Å². The van der Waals surface area contributed by atoms with Crippen LogP contribution in [0, 0.1) is 5.92 Å². The second-order valence-corrected chi connectivity index (χ2v) is 6.12. The molecule has 2 aromatic carbocycles. The van der Waals surface area contributed by atoms with E-state index in [1.165, 1.54) is 0 Å². The number of carbonyl (C=O) groups is 1. The summed E-state index contributed by atoms with van der Waals surface area (Å²) in [5.41, 5.74) is 1.81. The summed E-state index contributed by atoms with van der Waals surface area (Å²) in [5.74, 6) is 1.56. The Hall–Kier alpha value is -3.21. The molecule has 1 atom stereocenters. The van der Waals surface area contributed by atoms with Crippen molar-refractivity contribution in [1.29, 1.82) is 0 Å². The van der Waals surface area contributed by atoms with Gasteiger partial charge in [-0.05, 0) is 18.6 Å². The summed E-state index contributed by atoms with van der Waals surface area (Å²) >= 11 is 0. The molecule has 26 heavy (non-hydrogen) atoms. The van der Waals surface area contributed by atoms with Gasteiger partial charge in [0.05, 0.1) is 0 Å². The Morgan fingerprint density at radius 3 is 2.23 bits per heavy atom. The minimum absolute atomic E-state index is 0.0455.